The highest BCUT2D eigenvalue weighted by atomic mass is 79.9. The van der Waals surface area contributed by atoms with Gasteiger partial charge in [0, 0.05) is 26.1 Å². The average molecular weight is 356 g/mol. The van der Waals surface area contributed by atoms with Crippen LogP contribution in [-0.2, 0) is 20.0 Å². The molecule has 0 bridgehead atoms. The Bertz CT molecular complexity index is 729. The third-order valence-corrected chi connectivity index (χ3v) is 4.36. The van der Waals surface area contributed by atoms with Gasteiger partial charge in [-0.25, -0.2) is 13.8 Å². The summed E-state index contributed by atoms with van der Waals surface area (Å²) in [5.41, 5.74) is 1.75. The van der Waals surface area contributed by atoms with Gasteiger partial charge >= 0.3 is 0 Å². The Morgan fingerprint density at radius 3 is 2.86 bits per heavy atom. The van der Waals surface area contributed by atoms with Crippen LogP contribution < -0.4 is 0 Å². The topological polar surface area (TPSA) is 38.1 Å². The number of rotatable bonds is 1. The number of aromatic nitrogens is 2. The lowest BCUT2D eigenvalue weighted by Crippen LogP contribution is -2.37. The molecule has 4 nitrogen and oxygen atoms in total. The van der Waals surface area contributed by atoms with Crippen LogP contribution in [-0.4, -0.2) is 26.9 Å². The van der Waals surface area contributed by atoms with Crippen LogP contribution in [0, 0.1) is 11.6 Å². The normalized spacial score (nSPS) is 14.2. The molecule has 0 unspecified atom stereocenters. The van der Waals surface area contributed by atoms with Gasteiger partial charge in [-0.2, -0.15) is 0 Å². The first-order chi connectivity index (χ1) is 9.97. The average Bonchev–Trinajstić information content (AvgIpc) is 2.73. The van der Waals surface area contributed by atoms with Gasteiger partial charge in [-0.05, 0) is 28.1 Å². The fourth-order valence-electron chi connectivity index (χ4n) is 2.46. The predicted octanol–water partition coefficient (Wildman–Crippen LogP) is 2.66. The molecule has 3 rings (SSSR count). The summed E-state index contributed by atoms with van der Waals surface area (Å²) in [4.78, 5) is 18.3. The number of imidazole rings is 1. The Kier molecular flexibility index (Phi) is 3.52. The van der Waals surface area contributed by atoms with Crippen LogP contribution >= 0.6 is 15.9 Å². The summed E-state index contributed by atoms with van der Waals surface area (Å²) in [5, 5.41) is 0. The zero-order valence-corrected chi connectivity index (χ0v) is 12.8. The molecule has 1 aliphatic rings. The summed E-state index contributed by atoms with van der Waals surface area (Å²) in [7, 11) is 1.85. The molecule has 0 aliphatic carbocycles. The maximum Gasteiger partial charge on any atom is 0.257 e. The molecule has 21 heavy (non-hydrogen) atoms. The molecule has 110 valence electrons. The van der Waals surface area contributed by atoms with Crippen molar-refractivity contribution in [2.45, 2.75) is 13.0 Å². The highest BCUT2D eigenvalue weighted by Crippen LogP contribution is 2.24. The Balaban J connectivity index is 1.88. The first-order valence-electron chi connectivity index (χ1n) is 6.41. The molecule has 7 heteroatoms. The molecule has 2 heterocycles. The molecule has 1 aromatic carbocycles. The third-order valence-electron chi connectivity index (χ3n) is 3.65. The van der Waals surface area contributed by atoms with E-state index in [-0.39, 0.29) is 5.56 Å². The monoisotopic (exact) mass is 355 g/mol. The molecule has 0 saturated heterocycles. The van der Waals surface area contributed by atoms with Crippen LogP contribution in [0.2, 0.25) is 0 Å². The van der Waals surface area contributed by atoms with Crippen molar-refractivity contribution in [3.05, 3.63) is 51.5 Å². The quantitative estimate of drug-likeness (QED) is 0.788. The van der Waals surface area contributed by atoms with Crippen LogP contribution in [0.3, 0.4) is 0 Å². The Morgan fingerprint density at radius 1 is 1.38 bits per heavy atom. The lowest BCUT2D eigenvalue weighted by atomic mass is 10.1. The Hall–Kier alpha value is -1.76. The van der Waals surface area contributed by atoms with Crippen molar-refractivity contribution in [3.63, 3.8) is 0 Å². The van der Waals surface area contributed by atoms with Crippen molar-refractivity contribution in [1.82, 2.24) is 14.5 Å². The molecule has 1 aromatic heterocycles. The van der Waals surface area contributed by atoms with Gasteiger partial charge in [0.25, 0.3) is 5.91 Å². The van der Waals surface area contributed by atoms with E-state index in [1.54, 1.807) is 4.90 Å². The minimum atomic E-state index is -0.836. The van der Waals surface area contributed by atoms with E-state index >= 15 is 0 Å². The molecule has 0 saturated carbocycles. The van der Waals surface area contributed by atoms with E-state index < -0.39 is 17.5 Å². The van der Waals surface area contributed by atoms with Crippen LogP contribution in [0.1, 0.15) is 21.7 Å². The fraction of sp³-hybridized carbons (Fsp3) is 0.286. The summed E-state index contributed by atoms with van der Waals surface area (Å²) in [6.45, 7) is 0.826. The van der Waals surface area contributed by atoms with E-state index in [0.717, 1.165) is 23.5 Å². The standard InChI is InChI=1S/C14H12BrF2N3O/c1-19-12-7-20(5-4-11(12)18-14(19)15)13(21)9-3-2-8(16)6-10(9)17/h2-3,6H,4-5,7H2,1H3. The van der Waals surface area contributed by atoms with Crippen molar-refractivity contribution in [3.8, 4) is 0 Å². The van der Waals surface area contributed by atoms with Crippen LogP contribution in [0.5, 0.6) is 0 Å². The number of benzene rings is 1. The number of hydrogen-bond donors (Lipinski definition) is 0. The third kappa shape index (κ3) is 2.46. The van der Waals surface area contributed by atoms with Gasteiger partial charge in [0.15, 0.2) is 4.73 Å². The number of amides is 1. The number of hydrogen-bond acceptors (Lipinski definition) is 2. The zero-order chi connectivity index (χ0) is 15.1. The molecule has 1 amide bonds. The molecular weight excluding hydrogens is 344 g/mol. The van der Waals surface area contributed by atoms with Crippen LogP contribution in [0.15, 0.2) is 22.9 Å². The summed E-state index contributed by atoms with van der Waals surface area (Å²) < 4.78 is 29.2. The second-order valence-corrected chi connectivity index (χ2v) is 5.64. The fourth-order valence-corrected chi connectivity index (χ4v) is 2.89. The van der Waals surface area contributed by atoms with Crippen LogP contribution in [0.25, 0.3) is 0 Å². The largest absolute Gasteiger partial charge is 0.332 e. The summed E-state index contributed by atoms with van der Waals surface area (Å²) in [6.07, 6.45) is 0.614. The maximum atomic E-state index is 13.7. The van der Waals surface area contributed by atoms with E-state index in [2.05, 4.69) is 20.9 Å². The van der Waals surface area contributed by atoms with E-state index in [9.17, 15) is 13.6 Å². The molecular formula is C14H12BrF2N3O. The number of nitrogens with zero attached hydrogens (tertiary/aromatic N) is 3. The first kappa shape index (κ1) is 14.2. The highest BCUT2D eigenvalue weighted by Gasteiger charge is 2.27. The van der Waals surface area contributed by atoms with Crippen molar-refractivity contribution >= 4 is 21.8 Å². The minimum absolute atomic E-state index is 0.110. The Labute approximate surface area is 128 Å². The number of fused-ring (bicyclic) bond motifs is 1. The van der Waals surface area contributed by atoms with Gasteiger partial charge in [0.1, 0.15) is 11.6 Å². The summed E-state index contributed by atoms with van der Waals surface area (Å²) in [6, 6.07) is 3.00. The molecule has 0 N–H and O–H groups in total. The molecule has 0 spiro atoms. The van der Waals surface area contributed by atoms with Crippen molar-refractivity contribution in [1.29, 1.82) is 0 Å². The molecule has 0 atom stereocenters. The van der Waals surface area contributed by atoms with E-state index in [1.807, 2.05) is 11.6 Å². The second kappa shape index (κ2) is 5.22. The van der Waals surface area contributed by atoms with E-state index in [4.69, 9.17) is 0 Å². The first-order valence-corrected chi connectivity index (χ1v) is 7.21. The minimum Gasteiger partial charge on any atom is -0.332 e. The van der Waals surface area contributed by atoms with Crippen molar-refractivity contribution in [2.24, 2.45) is 7.05 Å². The van der Waals surface area contributed by atoms with Gasteiger partial charge in [0.05, 0.1) is 23.5 Å². The molecule has 2 aromatic rings. The zero-order valence-electron chi connectivity index (χ0n) is 11.2. The maximum absolute atomic E-state index is 13.7. The Morgan fingerprint density at radius 2 is 2.14 bits per heavy atom. The van der Waals surface area contributed by atoms with Crippen molar-refractivity contribution in [2.75, 3.05) is 6.54 Å². The lowest BCUT2D eigenvalue weighted by molar-refractivity contribution is 0.0725. The highest BCUT2D eigenvalue weighted by molar-refractivity contribution is 9.10. The molecule has 0 fully saturated rings. The SMILES string of the molecule is Cn1c(Br)nc2c1CN(C(=O)c1ccc(F)cc1F)CC2. The number of carbonyl (C=O) groups excluding carboxylic acids is 1. The van der Waals surface area contributed by atoms with Gasteiger partial charge < -0.3 is 9.47 Å². The lowest BCUT2D eigenvalue weighted by Gasteiger charge is -2.27. The molecule has 1 aliphatic heterocycles. The number of halogens is 3. The number of carbonyl (C=O) groups is 1. The van der Waals surface area contributed by atoms with Gasteiger partial charge in [-0.3, -0.25) is 4.79 Å². The summed E-state index contributed by atoms with van der Waals surface area (Å²) >= 11 is 3.34. The van der Waals surface area contributed by atoms with Gasteiger partial charge in [0.2, 0.25) is 0 Å². The van der Waals surface area contributed by atoms with Gasteiger partial charge in [-0.15, -0.1) is 0 Å². The van der Waals surface area contributed by atoms with Gasteiger partial charge in [-0.1, -0.05) is 0 Å². The predicted molar refractivity (Wildman–Crippen MR) is 75.7 cm³/mol. The smallest absolute Gasteiger partial charge is 0.257 e. The van der Waals surface area contributed by atoms with E-state index in [0.29, 0.717) is 24.2 Å². The van der Waals surface area contributed by atoms with E-state index in [1.165, 1.54) is 6.07 Å². The van der Waals surface area contributed by atoms with Crippen LogP contribution in [0.4, 0.5) is 8.78 Å². The van der Waals surface area contributed by atoms with Crippen molar-refractivity contribution < 1.29 is 13.6 Å². The summed E-state index contributed by atoms with van der Waals surface area (Å²) in [5.74, 6) is -1.96. The molecule has 0 radical (unpaired) electrons. The second-order valence-electron chi connectivity index (χ2n) is 4.93.